The molecule has 0 fully saturated rings. The number of oxazole rings is 1. The monoisotopic (exact) mass is 364 g/mol. The van der Waals surface area contributed by atoms with Gasteiger partial charge in [0.1, 0.15) is 5.52 Å². The Hall–Kier alpha value is -2.08. The van der Waals surface area contributed by atoms with Gasteiger partial charge >= 0.3 is 0 Å². The fraction of sp³-hybridized carbons (Fsp3) is 0.176. The molecular weight excluding hydrogens is 351 g/mol. The summed E-state index contributed by atoms with van der Waals surface area (Å²) in [4.78, 5) is 16.5. The molecule has 0 spiro atoms. The molecule has 124 valence electrons. The van der Waals surface area contributed by atoms with Gasteiger partial charge in [0, 0.05) is 27.2 Å². The van der Waals surface area contributed by atoms with Crippen molar-refractivity contribution in [2.24, 2.45) is 0 Å². The zero-order chi connectivity index (χ0) is 17.3. The van der Waals surface area contributed by atoms with Crippen molar-refractivity contribution in [1.82, 2.24) is 10.3 Å². The molecule has 2 N–H and O–H groups in total. The van der Waals surface area contributed by atoms with E-state index in [1.54, 1.807) is 43.3 Å². The van der Waals surface area contributed by atoms with E-state index < -0.39 is 0 Å². The van der Waals surface area contributed by atoms with Gasteiger partial charge in [0.15, 0.2) is 5.58 Å². The third-order valence-corrected chi connectivity index (χ3v) is 3.85. The number of aliphatic hydroxyl groups is 1. The highest BCUT2D eigenvalue weighted by atomic mass is 35.5. The van der Waals surface area contributed by atoms with E-state index in [9.17, 15) is 4.79 Å². The summed E-state index contributed by atoms with van der Waals surface area (Å²) in [6.07, 6.45) is 0. The van der Waals surface area contributed by atoms with Crippen molar-refractivity contribution in [1.29, 1.82) is 0 Å². The van der Waals surface area contributed by atoms with Crippen molar-refractivity contribution in [3.63, 3.8) is 0 Å². The third kappa shape index (κ3) is 3.53. The number of benzene rings is 2. The Bertz CT molecular complexity index is 888. The number of aromatic nitrogens is 1. The van der Waals surface area contributed by atoms with Gasteiger partial charge < -0.3 is 14.8 Å². The number of hydrogen-bond donors (Lipinski definition) is 2. The highest BCUT2D eigenvalue weighted by Gasteiger charge is 2.14. The second kappa shape index (κ2) is 6.81. The molecule has 0 aliphatic rings. The number of amides is 1. The Balaban J connectivity index is 1.95. The molecule has 2 aromatic carbocycles. The molecule has 0 aliphatic carbocycles. The molecule has 1 heterocycles. The van der Waals surface area contributed by atoms with Crippen LogP contribution in [0.3, 0.4) is 0 Å². The fourth-order valence-electron chi connectivity index (χ4n) is 2.22. The summed E-state index contributed by atoms with van der Waals surface area (Å²) in [5.74, 6) is 0.0814. The van der Waals surface area contributed by atoms with E-state index >= 15 is 0 Å². The molecule has 24 heavy (non-hydrogen) atoms. The zero-order valence-electron chi connectivity index (χ0n) is 12.7. The molecule has 0 bridgehead atoms. The molecule has 5 nitrogen and oxygen atoms in total. The molecule has 0 saturated heterocycles. The van der Waals surface area contributed by atoms with Gasteiger partial charge in [-0.15, -0.1) is 0 Å². The Kier molecular flexibility index (Phi) is 4.76. The van der Waals surface area contributed by atoms with Gasteiger partial charge in [0.25, 0.3) is 5.91 Å². The van der Waals surface area contributed by atoms with E-state index in [1.165, 1.54) is 0 Å². The molecule has 1 unspecified atom stereocenters. The van der Waals surface area contributed by atoms with Crippen LogP contribution in [0.25, 0.3) is 22.6 Å². The zero-order valence-corrected chi connectivity index (χ0v) is 14.2. The molecule has 1 atom stereocenters. The molecule has 1 aromatic heterocycles. The molecule has 1 amide bonds. The highest BCUT2D eigenvalue weighted by molar-refractivity contribution is 6.35. The molecule has 3 aromatic rings. The van der Waals surface area contributed by atoms with Gasteiger partial charge in [-0.25, -0.2) is 4.98 Å². The maximum absolute atomic E-state index is 12.1. The second-order valence-corrected chi connectivity index (χ2v) is 6.29. The normalized spacial score (nSPS) is 12.3. The number of halogens is 2. The van der Waals surface area contributed by atoms with Crippen molar-refractivity contribution in [3.05, 3.63) is 52.0 Å². The lowest BCUT2D eigenvalue weighted by Gasteiger charge is -2.10. The van der Waals surface area contributed by atoms with Crippen LogP contribution in [0.15, 0.2) is 40.8 Å². The highest BCUT2D eigenvalue weighted by Crippen LogP contribution is 2.29. The Labute approximate surface area is 148 Å². The summed E-state index contributed by atoms with van der Waals surface area (Å²) in [5.41, 5.74) is 2.18. The van der Waals surface area contributed by atoms with Crippen LogP contribution < -0.4 is 5.32 Å². The Morgan fingerprint density at radius 3 is 2.62 bits per heavy atom. The van der Waals surface area contributed by atoms with Crippen LogP contribution in [0.2, 0.25) is 10.0 Å². The van der Waals surface area contributed by atoms with Gasteiger partial charge in [-0.1, -0.05) is 23.2 Å². The summed E-state index contributed by atoms with van der Waals surface area (Å²) < 4.78 is 5.73. The standard InChI is InChI=1S/C17H14Cl2N2O3/c1-9(8-22)20-16(23)10-2-3-14-15(6-10)24-17(21-14)11-4-12(18)7-13(19)5-11/h2-7,9,22H,8H2,1H3,(H,20,23). The average molecular weight is 365 g/mol. The molecule has 0 radical (unpaired) electrons. The van der Waals surface area contributed by atoms with Crippen LogP contribution in [-0.2, 0) is 0 Å². The quantitative estimate of drug-likeness (QED) is 0.735. The van der Waals surface area contributed by atoms with Gasteiger partial charge in [-0.3, -0.25) is 4.79 Å². The van der Waals surface area contributed by atoms with E-state index in [-0.39, 0.29) is 18.6 Å². The summed E-state index contributed by atoms with van der Waals surface area (Å²) in [5, 5.41) is 12.7. The van der Waals surface area contributed by atoms with E-state index in [0.717, 1.165) is 0 Å². The van der Waals surface area contributed by atoms with Crippen molar-refractivity contribution in [2.75, 3.05) is 6.61 Å². The van der Waals surface area contributed by atoms with Crippen LogP contribution in [0, 0.1) is 0 Å². The van der Waals surface area contributed by atoms with Gasteiger partial charge in [-0.05, 0) is 43.3 Å². The topological polar surface area (TPSA) is 75.4 Å². The molecular formula is C17H14Cl2N2O3. The van der Waals surface area contributed by atoms with Crippen LogP contribution in [-0.4, -0.2) is 28.6 Å². The minimum Gasteiger partial charge on any atom is -0.436 e. The van der Waals surface area contributed by atoms with Gasteiger partial charge in [-0.2, -0.15) is 0 Å². The Morgan fingerprint density at radius 2 is 1.96 bits per heavy atom. The maximum atomic E-state index is 12.1. The molecule has 7 heteroatoms. The number of aliphatic hydroxyl groups excluding tert-OH is 1. The minimum atomic E-state index is -0.327. The van der Waals surface area contributed by atoms with E-state index in [1.807, 2.05) is 0 Å². The minimum absolute atomic E-state index is 0.129. The first-order chi connectivity index (χ1) is 11.5. The molecule has 0 saturated carbocycles. The summed E-state index contributed by atoms with van der Waals surface area (Å²) in [6, 6.07) is 9.67. The number of carbonyl (C=O) groups excluding carboxylic acids is 1. The predicted octanol–water partition coefficient (Wildman–Crippen LogP) is 3.91. The largest absolute Gasteiger partial charge is 0.436 e. The van der Waals surface area contributed by atoms with E-state index in [0.29, 0.717) is 38.2 Å². The summed E-state index contributed by atoms with van der Waals surface area (Å²) >= 11 is 12.0. The lowest BCUT2D eigenvalue weighted by atomic mass is 10.2. The van der Waals surface area contributed by atoms with Gasteiger partial charge in [0.2, 0.25) is 5.89 Å². The number of nitrogens with one attached hydrogen (secondary N) is 1. The van der Waals surface area contributed by atoms with Crippen molar-refractivity contribution in [2.45, 2.75) is 13.0 Å². The first-order valence-corrected chi connectivity index (χ1v) is 8.00. The van der Waals surface area contributed by atoms with Gasteiger partial charge in [0.05, 0.1) is 6.61 Å². The lowest BCUT2D eigenvalue weighted by molar-refractivity contribution is 0.0922. The van der Waals surface area contributed by atoms with Crippen molar-refractivity contribution < 1.29 is 14.3 Å². The molecule has 0 aliphatic heterocycles. The fourth-order valence-corrected chi connectivity index (χ4v) is 2.75. The van der Waals surface area contributed by atoms with Crippen molar-refractivity contribution in [3.8, 4) is 11.5 Å². The first kappa shape index (κ1) is 16.8. The maximum Gasteiger partial charge on any atom is 0.251 e. The van der Waals surface area contributed by atoms with Crippen LogP contribution in [0.5, 0.6) is 0 Å². The average Bonchev–Trinajstić information content (AvgIpc) is 2.96. The Morgan fingerprint density at radius 1 is 1.25 bits per heavy atom. The number of nitrogens with zero attached hydrogens (tertiary/aromatic N) is 1. The van der Waals surface area contributed by atoms with E-state index in [4.69, 9.17) is 32.7 Å². The van der Waals surface area contributed by atoms with Crippen LogP contribution >= 0.6 is 23.2 Å². The second-order valence-electron chi connectivity index (χ2n) is 5.42. The summed E-state index contributed by atoms with van der Waals surface area (Å²) in [6.45, 7) is 1.59. The number of rotatable bonds is 4. The first-order valence-electron chi connectivity index (χ1n) is 7.25. The number of hydrogen-bond acceptors (Lipinski definition) is 4. The van der Waals surface area contributed by atoms with E-state index in [2.05, 4.69) is 10.3 Å². The van der Waals surface area contributed by atoms with Crippen LogP contribution in [0.1, 0.15) is 17.3 Å². The van der Waals surface area contributed by atoms with Crippen molar-refractivity contribution >= 4 is 40.2 Å². The number of fused-ring (bicyclic) bond motifs is 1. The van der Waals surface area contributed by atoms with Crippen LogP contribution in [0.4, 0.5) is 0 Å². The summed E-state index contributed by atoms with van der Waals surface area (Å²) in [7, 11) is 0. The third-order valence-electron chi connectivity index (χ3n) is 3.41. The smallest absolute Gasteiger partial charge is 0.251 e. The molecule has 3 rings (SSSR count). The predicted molar refractivity (Wildman–Crippen MR) is 93.5 cm³/mol. The lowest BCUT2D eigenvalue weighted by Crippen LogP contribution is -2.34. The number of carbonyl (C=O) groups is 1. The SMILES string of the molecule is CC(CO)NC(=O)c1ccc2nc(-c3cc(Cl)cc(Cl)c3)oc2c1.